The number of hydrogen-bond donors (Lipinski definition) is 0. The largest absolute Gasteiger partial charge is 0.386 e. The smallest absolute Gasteiger partial charge is 0.289 e. The van der Waals surface area contributed by atoms with E-state index in [1.54, 1.807) is 30.3 Å². The lowest BCUT2D eigenvalue weighted by molar-refractivity contribution is 0.0573. The molecular weight excluding hydrogens is 216 g/mol. The lowest BCUT2D eigenvalue weighted by atomic mass is 10.0. The van der Waals surface area contributed by atoms with Gasteiger partial charge in [0, 0.05) is 11.1 Å². The molecule has 0 spiro atoms. The minimum atomic E-state index is -1.28. The molecule has 0 bridgehead atoms. The Labute approximate surface area is 98.3 Å². The zero-order valence-electron chi connectivity index (χ0n) is 8.92. The maximum atomic E-state index is 12.0. The van der Waals surface area contributed by atoms with E-state index < -0.39 is 5.97 Å². The van der Waals surface area contributed by atoms with Crippen molar-refractivity contribution in [2.24, 2.45) is 0 Å². The third-order valence-electron chi connectivity index (χ3n) is 2.40. The van der Waals surface area contributed by atoms with Gasteiger partial charge in [-0.2, -0.15) is 0 Å². The highest BCUT2D eigenvalue weighted by atomic mass is 16.4. The van der Waals surface area contributed by atoms with Crippen molar-refractivity contribution < 1.29 is 14.7 Å². The molecule has 0 amide bonds. The number of carbonyl (C=O) groups excluding carboxylic acids is 2. The molecule has 17 heavy (non-hydrogen) atoms. The Morgan fingerprint density at radius 2 is 1.29 bits per heavy atom. The molecule has 2 rings (SSSR count). The first kappa shape index (κ1) is 11.1. The van der Waals surface area contributed by atoms with Gasteiger partial charge in [-0.1, -0.05) is 42.5 Å². The van der Waals surface area contributed by atoms with Crippen LogP contribution in [-0.2, 0) is 5.11 Å². The van der Waals surface area contributed by atoms with Crippen molar-refractivity contribution in [3.05, 3.63) is 71.3 Å². The summed E-state index contributed by atoms with van der Waals surface area (Å²) in [7, 11) is 0. The lowest BCUT2D eigenvalue weighted by Gasteiger charge is -2.01. The Hall–Kier alpha value is -2.42. The van der Waals surface area contributed by atoms with Gasteiger partial charge >= 0.3 is 5.97 Å². The predicted molar refractivity (Wildman–Crippen MR) is 61.3 cm³/mol. The van der Waals surface area contributed by atoms with Gasteiger partial charge in [0.25, 0.3) is 0 Å². The highest BCUT2D eigenvalue weighted by molar-refractivity contribution is 6.09. The van der Waals surface area contributed by atoms with Crippen LogP contribution in [0.15, 0.2) is 54.6 Å². The average Bonchev–Trinajstić information content (AvgIpc) is 2.39. The summed E-state index contributed by atoms with van der Waals surface area (Å²) in [6.07, 6.45) is 0. The minimum Gasteiger partial charge on any atom is -0.289 e. The van der Waals surface area contributed by atoms with Crippen LogP contribution >= 0.6 is 0 Å². The molecule has 0 aliphatic rings. The number of ketones is 1. The number of benzene rings is 2. The highest BCUT2D eigenvalue weighted by Gasteiger charge is 2.11. The maximum absolute atomic E-state index is 12.0. The Balaban J connectivity index is 2.38. The monoisotopic (exact) mass is 225 g/mol. The van der Waals surface area contributed by atoms with E-state index in [1.165, 1.54) is 18.2 Å². The number of hydrogen-bond acceptors (Lipinski definition) is 2. The van der Waals surface area contributed by atoms with Crippen molar-refractivity contribution in [3.63, 3.8) is 0 Å². The maximum Gasteiger partial charge on any atom is 0.386 e. The molecule has 0 aliphatic carbocycles. The first-order valence-corrected chi connectivity index (χ1v) is 5.09. The van der Waals surface area contributed by atoms with Gasteiger partial charge in [-0.25, -0.2) is 9.90 Å². The zero-order chi connectivity index (χ0) is 12.3. The lowest BCUT2D eigenvalue weighted by Crippen LogP contribution is -2.03. The van der Waals surface area contributed by atoms with Crippen LogP contribution in [-0.4, -0.2) is 11.8 Å². The molecule has 0 fully saturated rings. The van der Waals surface area contributed by atoms with Crippen LogP contribution in [0.25, 0.3) is 0 Å². The van der Waals surface area contributed by atoms with E-state index in [0.29, 0.717) is 11.1 Å². The summed E-state index contributed by atoms with van der Waals surface area (Å²) >= 11 is 0. The van der Waals surface area contributed by atoms with Crippen molar-refractivity contribution in [2.75, 3.05) is 0 Å². The van der Waals surface area contributed by atoms with Crippen LogP contribution in [0.5, 0.6) is 0 Å². The van der Waals surface area contributed by atoms with E-state index in [1.807, 2.05) is 6.07 Å². The van der Waals surface area contributed by atoms with Gasteiger partial charge in [-0.3, -0.25) is 4.79 Å². The Morgan fingerprint density at radius 3 is 1.94 bits per heavy atom. The predicted octanol–water partition coefficient (Wildman–Crippen LogP) is 2.49. The Bertz CT molecular complexity index is 559. The summed E-state index contributed by atoms with van der Waals surface area (Å²) in [6.45, 7) is 0. The molecule has 0 heterocycles. The van der Waals surface area contributed by atoms with Crippen molar-refractivity contribution in [1.82, 2.24) is 0 Å². The number of carbonyl (C=O) groups is 2. The van der Waals surface area contributed by atoms with E-state index in [4.69, 9.17) is 0 Å². The van der Waals surface area contributed by atoms with Gasteiger partial charge in [0.2, 0.25) is 0 Å². The third-order valence-corrected chi connectivity index (χ3v) is 2.40. The normalized spacial score (nSPS) is 9.88. The van der Waals surface area contributed by atoms with Crippen LogP contribution in [0.4, 0.5) is 0 Å². The van der Waals surface area contributed by atoms with Gasteiger partial charge < -0.3 is 0 Å². The van der Waals surface area contributed by atoms with E-state index >= 15 is 0 Å². The first-order valence-electron chi connectivity index (χ1n) is 5.09. The summed E-state index contributed by atoms with van der Waals surface area (Å²) in [6, 6.07) is 14.5. The molecule has 2 aromatic rings. The van der Waals surface area contributed by atoms with Gasteiger partial charge in [-0.15, -0.1) is 0 Å². The second kappa shape index (κ2) is 4.61. The molecule has 3 nitrogen and oxygen atoms in total. The van der Waals surface area contributed by atoms with E-state index in [9.17, 15) is 14.7 Å². The van der Waals surface area contributed by atoms with Crippen molar-refractivity contribution in [1.29, 1.82) is 0 Å². The topological polar surface area (TPSA) is 54.0 Å². The molecule has 3 heteroatoms. The summed E-state index contributed by atoms with van der Waals surface area (Å²) < 4.78 is 0. The van der Waals surface area contributed by atoms with Crippen LogP contribution in [0.2, 0.25) is 0 Å². The van der Waals surface area contributed by atoms with E-state index in [-0.39, 0.29) is 11.3 Å². The third kappa shape index (κ3) is 2.39. The molecule has 2 aromatic carbocycles. The van der Waals surface area contributed by atoms with Gasteiger partial charge in [0.15, 0.2) is 5.78 Å². The fourth-order valence-electron chi connectivity index (χ4n) is 1.54. The van der Waals surface area contributed by atoms with Crippen LogP contribution < -0.4 is 0 Å². The molecule has 0 N–H and O–H groups in total. The Morgan fingerprint density at radius 1 is 0.706 bits per heavy atom. The summed E-state index contributed by atoms with van der Waals surface area (Å²) in [5.74, 6) is -1.48. The van der Waals surface area contributed by atoms with Crippen LogP contribution in [0.3, 0.4) is 0 Å². The SMILES string of the molecule is [O]C(=O)c1cccc(C(=O)c2ccccc2)c1. The second-order valence-corrected chi connectivity index (χ2v) is 3.56. The van der Waals surface area contributed by atoms with Crippen molar-refractivity contribution >= 4 is 11.8 Å². The first-order chi connectivity index (χ1) is 8.18. The molecule has 0 aromatic heterocycles. The van der Waals surface area contributed by atoms with Crippen LogP contribution in [0.1, 0.15) is 26.3 Å². The van der Waals surface area contributed by atoms with Crippen LogP contribution in [0, 0.1) is 0 Å². The van der Waals surface area contributed by atoms with Gasteiger partial charge in [0.05, 0.1) is 5.56 Å². The van der Waals surface area contributed by atoms with Gasteiger partial charge in [0.1, 0.15) is 0 Å². The van der Waals surface area contributed by atoms with Crippen molar-refractivity contribution in [3.8, 4) is 0 Å². The zero-order valence-corrected chi connectivity index (χ0v) is 8.92. The standard InChI is InChI=1S/C14H9O3/c15-13(10-5-2-1-3-6-10)11-7-4-8-12(9-11)14(16)17/h1-9H. The molecular formula is C14H9O3. The van der Waals surface area contributed by atoms with Gasteiger partial charge in [-0.05, 0) is 12.1 Å². The van der Waals surface area contributed by atoms with Crippen molar-refractivity contribution in [2.45, 2.75) is 0 Å². The Kier molecular flexibility index (Phi) is 3.01. The summed E-state index contributed by atoms with van der Waals surface area (Å²) in [4.78, 5) is 22.7. The second-order valence-electron chi connectivity index (χ2n) is 3.56. The van der Waals surface area contributed by atoms with E-state index in [2.05, 4.69) is 0 Å². The number of rotatable bonds is 3. The quantitative estimate of drug-likeness (QED) is 0.753. The molecule has 83 valence electrons. The summed E-state index contributed by atoms with van der Waals surface area (Å²) in [5, 5.41) is 10.7. The molecule has 0 saturated carbocycles. The molecule has 0 aliphatic heterocycles. The molecule has 0 saturated heterocycles. The fourth-order valence-corrected chi connectivity index (χ4v) is 1.54. The molecule has 1 radical (unpaired) electrons. The summed E-state index contributed by atoms with van der Waals surface area (Å²) in [5.41, 5.74) is 0.882. The minimum absolute atomic E-state index is 0.00628. The molecule has 0 atom stereocenters. The van der Waals surface area contributed by atoms with E-state index in [0.717, 1.165) is 0 Å². The highest BCUT2D eigenvalue weighted by Crippen LogP contribution is 2.11. The fraction of sp³-hybridized carbons (Fsp3) is 0. The average molecular weight is 225 g/mol. The molecule has 0 unspecified atom stereocenters.